The van der Waals surface area contributed by atoms with Gasteiger partial charge < -0.3 is 5.10 Å². The molecule has 0 radical (unpaired) electrons. The maximum absolute atomic E-state index is 11.7. The van der Waals surface area contributed by atoms with Crippen LogP contribution in [0.2, 0.25) is 0 Å². The Balaban J connectivity index is 1.95. The second-order valence-electron chi connectivity index (χ2n) is 6.21. The molecule has 19 heavy (non-hydrogen) atoms. The van der Waals surface area contributed by atoms with Gasteiger partial charge in [-0.05, 0) is 32.3 Å². The molecular formula is C13H20N2O2S2. The van der Waals surface area contributed by atoms with Crippen LogP contribution in [0.5, 0.6) is 0 Å². The van der Waals surface area contributed by atoms with E-state index in [1.807, 2.05) is 17.7 Å². The monoisotopic (exact) mass is 300 g/mol. The van der Waals surface area contributed by atoms with Crippen molar-refractivity contribution < 1.29 is 8.42 Å². The predicted molar refractivity (Wildman–Crippen MR) is 77.7 cm³/mol. The van der Waals surface area contributed by atoms with E-state index < -0.39 is 15.4 Å². The van der Waals surface area contributed by atoms with Crippen molar-refractivity contribution in [3.63, 3.8) is 0 Å². The summed E-state index contributed by atoms with van der Waals surface area (Å²) in [5, 5.41) is 3.39. The first-order valence-corrected chi connectivity index (χ1v) is 9.15. The fraction of sp³-hybridized carbons (Fsp3) is 0.769. The summed E-state index contributed by atoms with van der Waals surface area (Å²) >= 11 is 5.43. The van der Waals surface area contributed by atoms with Crippen LogP contribution in [0.25, 0.3) is 0 Å². The van der Waals surface area contributed by atoms with Crippen molar-refractivity contribution >= 4 is 22.1 Å². The Kier molecular flexibility index (Phi) is 3.13. The molecule has 1 aliphatic heterocycles. The molecule has 1 saturated heterocycles. The Labute approximate surface area is 119 Å². The number of aromatic nitrogens is 2. The molecule has 0 spiro atoms. The zero-order valence-electron chi connectivity index (χ0n) is 11.2. The van der Waals surface area contributed by atoms with Gasteiger partial charge in [-0.3, -0.25) is 4.68 Å². The molecule has 3 rings (SSSR count). The summed E-state index contributed by atoms with van der Waals surface area (Å²) in [6.07, 6.45) is 5.63. The van der Waals surface area contributed by atoms with Crippen LogP contribution >= 0.6 is 12.2 Å². The summed E-state index contributed by atoms with van der Waals surface area (Å²) in [4.78, 5) is 0. The lowest BCUT2D eigenvalue weighted by Crippen LogP contribution is -2.32. The number of rotatable bonds is 2. The van der Waals surface area contributed by atoms with Gasteiger partial charge in [0.2, 0.25) is 0 Å². The highest BCUT2D eigenvalue weighted by molar-refractivity contribution is 7.91. The average Bonchev–Trinajstić information content (AvgIpc) is 2.98. The molecule has 1 saturated carbocycles. The summed E-state index contributed by atoms with van der Waals surface area (Å²) < 4.78 is 26.1. The van der Waals surface area contributed by atoms with E-state index in [-0.39, 0.29) is 11.5 Å². The molecule has 0 aromatic carbocycles. The van der Waals surface area contributed by atoms with Gasteiger partial charge in [-0.1, -0.05) is 25.1 Å². The van der Waals surface area contributed by atoms with Crippen molar-refractivity contribution in [2.75, 3.05) is 11.5 Å². The van der Waals surface area contributed by atoms with Gasteiger partial charge in [0.1, 0.15) is 4.64 Å². The Bertz CT molecular complexity index is 638. The quantitative estimate of drug-likeness (QED) is 0.854. The molecule has 1 aromatic heterocycles. The van der Waals surface area contributed by atoms with Crippen LogP contribution in [-0.2, 0) is 15.4 Å². The number of nitrogens with one attached hydrogen (secondary N) is 1. The zero-order valence-corrected chi connectivity index (χ0v) is 12.8. The van der Waals surface area contributed by atoms with Gasteiger partial charge in [-0.2, -0.15) is 0 Å². The van der Waals surface area contributed by atoms with E-state index in [9.17, 15) is 8.42 Å². The van der Waals surface area contributed by atoms with Gasteiger partial charge in [0.15, 0.2) is 9.84 Å². The predicted octanol–water partition coefficient (Wildman–Crippen LogP) is 2.74. The van der Waals surface area contributed by atoms with E-state index in [1.165, 1.54) is 31.4 Å². The number of hydrogen-bond donors (Lipinski definition) is 1. The number of aromatic amines is 1. The van der Waals surface area contributed by atoms with Crippen molar-refractivity contribution in [1.82, 2.24) is 9.78 Å². The fourth-order valence-electron chi connectivity index (χ4n) is 3.43. The Morgan fingerprint density at radius 1 is 1.42 bits per heavy atom. The normalized spacial score (nSPS) is 31.0. The van der Waals surface area contributed by atoms with E-state index in [1.54, 1.807) is 0 Å². The molecule has 2 aliphatic rings. The third kappa shape index (κ3) is 2.40. The van der Waals surface area contributed by atoms with E-state index in [2.05, 4.69) is 5.10 Å². The van der Waals surface area contributed by atoms with Crippen LogP contribution < -0.4 is 0 Å². The third-order valence-electron chi connectivity index (χ3n) is 4.56. The SMILES string of the molecule is CC1(n2[nH]c(C3CCCC3)cc2=S)CCS(=O)(=O)C1. The standard InChI is InChI=1S/C13H20N2O2S2/c1-13(6-7-19(16,17)9-13)15-12(18)8-11(14-15)10-4-2-3-5-10/h8,10,14H,2-7,9H2,1H3. The Morgan fingerprint density at radius 2 is 2.11 bits per heavy atom. The molecule has 2 fully saturated rings. The van der Waals surface area contributed by atoms with Crippen LogP contribution in [0.15, 0.2) is 6.07 Å². The molecule has 1 N–H and O–H groups in total. The number of nitrogens with zero attached hydrogens (tertiary/aromatic N) is 1. The molecule has 6 heteroatoms. The van der Waals surface area contributed by atoms with Crippen molar-refractivity contribution in [3.05, 3.63) is 16.4 Å². The smallest absolute Gasteiger partial charge is 0.152 e. The summed E-state index contributed by atoms with van der Waals surface area (Å²) in [6, 6.07) is 2.03. The molecular weight excluding hydrogens is 280 g/mol. The molecule has 0 amide bonds. The molecule has 4 nitrogen and oxygen atoms in total. The lowest BCUT2D eigenvalue weighted by molar-refractivity contribution is 0.321. The lowest BCUT2D eigenvalue weighted by atomic mass is 10.0. The van der Waals surface area contributed by atoms with Crippen molar-refractivity contribution in [2.45, 2.75) is 50.5 Å². The van der Waals surface area contributed by atoms with E-state index in [0.29, 0.717) is 12.3 Å². The highest BCUT2D eigenvalue weighted by atomic mass is 32.2. The molecule has 2 heterocycles. The minimum Gasteiger partial charge on any atom is -0.301 e. The van der Waals surface area contributed by atoms with E-state index in [4.69, 9.17) is 12.2 Å². The lowest BCUT2D eigenvalue weighted by Gasteiger charge is -2.24. The fourth-order valence-corrected chi connectivity index (χ4v) is 5.94. The molecule has 1 atom stereocenters. The summed E-state index contributed by atoms with van der Waals surface area (Å²) in [5.74, 6) is 1.03. The maximum Gasteiger partial charge on any atom is 0.152 e. The number of H-pyrrole nitrogens is 1. The molecule has 106 valence electrons. The van der Waals surface area contributed by atoms with Gasteiger partial charge in [-0.25, -0.2) is 8.42 Å². The van der Waals surface area contributed by atoms with Crippen LogP contribution in [0, 0.1) is 4.64 Å². The van der Waals surface area contributed by atoms with Crippen molar-refractivity contribution in [3.8, 4) is 0 Å². The second-order valence-corrected chi connectivity index (χ2v) is 8.81. The van der Waals surface area contributed by atoms with Gasteiger partial charge in [0, 0.05) is 11.6 Å². The van der Waals surface area contributed by atoms with Gasteiger partial charge >= 0.3 is 0 Å². The largest absolute Gasteiger partial charge is 0.301 e. The minimum atomic E-state index is -2.92. The molecule has 0 bridgehead atoms. The number of hydrogen-bond acceptors (Lipinski definition) is 3. The zero-order chi connectivity index (χ0) is 13.7. The Hall–Kier alpha value is -0.620. The Morgan fingerprint density at radius 3 is 2.68 bits per heavy atom. The van der Waals surface area contributed by atoms with Gasteiger partial charge in [0.05, 0.1) is 17.0 Å². The van der Waals surface area contributed by atoms with Gasteiger partial charge in [0.25, 0.3) is 0 Å². The minimum absolute atomic E-state index is 0.193. The van der Waals surface area contributed by atoms with Crippen LogP contribution in [0.4, 0.5) is 0 Å². The molecule has 1 unspecified atom stereocenters. The van der Waals surface area contributed by atoms with Crippen molar-refractivity contribution in [2.24, 2.45) is 0 Å². The van der Waals surface area contributed by atoms with Gasteiger partial charge in [-0.15, -0.1) is 0 Å². The third-order valence-corrected chi connectivity index (χ3v) is 6.75. The first-order chi connectivity index (χ1) is 8.90. The molecule has 1 aliphatic carbocycles. The van der Waals surface area contributed by atoms with Crippen LogP contribution in [0.3, 0.4) is 0 Å². The van der Waals surface area contributed by atoms with E-state index >= 15 is 0 Å². The maximum atomic E-state index is 11.7. The van der Waals surface area contributed by atoms with Crippen LogP contribution in [-0.4, -0.2) is 29.7 Å². The van der Waals surface area contributed by atoms with E-state index in [0.717, 1.165) is 4.64 Å². The first kappa shape index (κ1) is 13.4. The summed E-state index contributed by atoms with van der Waals surface area (Å²) in [7, 11) is -2.92. The van der Waals surface area contributed by atoms with Crippen molar-refractivity contribution in [1.29, 1.82) is 0 Å². The second kappa shape index (κ2) is 4.45. The summed E-state index contributed by atoms with van der Waals surface area (Å²) in [5.41, 5.74) is 0.792. The average molecular weight is 300 g/mol. The summed E-state index contributed by atoms with van der Waals surface area (Å²) in [6.45, 7) is 1.99. The topological polar surface area (TPSA) is 54.9 Å². The highest BCUT2D eigenvalue weighted by Gasteiger charge is 2.41. The first-order valence-electron chi connectivity index (χ1n) is 6.93. The highest BCUT2D eigenvalue weighted by Crippen LogP contribution is 2.35. The number of sulfone groups is 1. The molecule has 1 aromatic rings. The van der Waals surface area contributed by atoms with Crippen LogP contribution in [0.1, 0.15) is 50.6 Å².